The topological polar surface area (TPSA) is 9.23 Å². The molecular weight excluding hydrogens is 256 g/mol. The number of ether oxygens (including phenoxy) is 1. The fourth-order valence-electron chi connectivity index (χ4n) is 2.85. The van der Waals surface area contributed by atoms with E-state index < -0.39 is 0 Å². The SMILES string of the molecule is CCOCc1ccc(C2CCC(C=CCl)CC2)cc1. The fourth-order valence-corrected chi connectivity index (χ4v) is 3.06. The van der Waals surface area contributed by atoms with Crippen molar-refractivity contribution in [3.05, 3.63) is 47.0 Å². The van der Waals surface area contributed by atoms with Crippen LogP contribution in [0.3, 0.4) is 0 Å². The Bertz CT molecular complexity index is 388. The molecule has 0 atom stereocenters. The second-order valence-electron chi connectivity index (χ2n) is 5.31. The Morgan fingerprint density at radius 3 is 2.42 bits per heavy atom. The summed E-state index contributed by atoms with van der Waals surface area (Å²) in [7, 11) is 0. The second kappa shape index (κ2) is 7.72. The molecule has 1 aromatic carbocycles. The van der Waals surface area contributed by atoms with Crippen LogP contribution in [0.5, 0.6) is 0 Å². The molecule has 104 valence electrons. The molecule has 0 N–H and O–H groups in total. The summed E-state index contributed by atoms with van der Waals surface area (Å²) in [5.74, 6) is 1.41. The maximum absolute atomic E-state index is 5.65. The Hall–Kier alpha value is -0.790. The van der Waals surface area contributed by atoms with E-state index in [-0.39, 0.29) is 0 Å². The van der Waals surface area contributed by atoms with Crippen molar-refractivity contribution in [2.45, 2.75) is 45.1 Å². The highest BCUT2D eigenvalue weighted by atomic mass is 35.5. The number of allylic oxidation sites excluding steroid dienone is 1. The molecule has 1 aliphatic carbocycles. The largest absolute Gasteiger partial charge is 0.377 e. The van der Waals surface area contributed by atoms with E-state index >= 15 is 0 Å². The van der Waals surface area contributed by atoms with Gasteiger partial charge in [-0.1, -0.05) is 41.9 Å². The van der Waals surface area contributed by atoms with Gasteiger partial charge in [0.2, 0.25) is 0 Å². The number of hydrogen-bond acceptors (Lipinski definition) is 1. The Kier molecular flexibility index (Phi) is 5.93. The molecular formula is C17H23ClO. The van der Waals surface area contributed by atoms with Gasteiger partial charge in [-0.3, -0.25) is 0 Å². The number of hydrogen-bond donors (Lipinski definition) is 0. The van der Waals surface area contributed by atoms with E-state index in [0.717, 1.165) is 19.1 Å². The maximum Gasteiger partial charge on any atom is 0.0716 e. The summed E-state index contributed by atoms with van der Waals surface area (Å²) in [6.07, 6.45) is 7.21. The highest BCUT2D eigenvalue weighted by Gasteiger charge is 2.20. The first-order valence-corrected chi connectivity index (χ1v) is 7.70. The molecule has 1 fully saturated rings. The summed E-state index contributed by atoms with van der Waals surface area (Å²) in [5.41, 5.74) is 4.42. The van der Waals surface area contributed by atoms with Crippen molar-refractivity contribution in [1.29, 1.82) is 0 Å². The van der Waals surface area contributed by atoms with Crippen LogP contribution in [0.2, 0.25) is 0 Å². The van der Waals surface area contributed by atoms with Gasteiger partial charge in [-0.25, -0.2) is 0 Å². The lowest BCUT2D eigenvalue weighted by atomic mass is 9.79. The minimum Gasteiger partial charge on any atom is -0.377 e. The van der Waals surface area contributed by atoms with Crippen LogP contribution in [0, 0.1) is 5.92 Å². The summed E-state index contributed by atoms with van der Waals surface area (Å²) in [5, 5.41) is 0. The van der Waals surface area contributed by atoms with Gasteiger partial charge in [0.05, 0.1) is 6.61 Å². The smallest absolute Gasteiger partial charge is 0.0716 e. The summed E-state index contributed by atoms with van der Waals surface area (Å²) >= 11 is 5.65. The van der Waals surface area contributed by atoms with E-state index in [4.69, 9.17) is 16.3 Å². The minimum absolute atomic E-state index is 0.686. The zero-order chi connectivity index (χ0) is 13.5. The first kappa shape index (κ1) is 14.6. The average molecular weight is 279 g/mol. The van der Waals surface area contributed by atoms with Crippen molar-refractivity contribution in [2.75, 3.05) is 6.61 Å². The predicted octanol–water partition coefficient (Wildman–Crippen LogP) is 5.25. The quantitative estimate of drug-likeness (QED) is 0.715. The second-order valence-corrected chi connectivity index (χ2v) is 5.56. The summed E-state index contributed by atoms with van der Waals surface area (Å²) in [6, 6.07) is 8.96. The van der Waals surface area contributed by atoms with Crippen molar-refractivity contribution in [3.63, 3.8) is 0 Å². The van der Waals surface area contributed by atoms with Gasteiger partial charge >= 0.3 is 0 Å². The Morgan fingerprint density at radius 2 is 1.84 bits per heavy atom. The summed E-state index contributed by atoms with van der Waals surface area (Å²) in [4.78, 5) is 0. The highest BCUT2D eigenvalue weighted by molar-refractivity contribution is 6.25. The number of benzene rings is 1. The molecule has 2 heteroatoms. The first-order valence-electron chi connectivity index (χ1n) is 7.27. The van der Waals surface area contributed by atoms with Gasteiger partial charge in [-0.2, -0.15) is 0 Å². The molecule has 0 aromatic heterocycles. The Balaban J connectivity index is 1.89. The van der Waals surface area contributed by atoms with Gasteiger partial charge < -0.3 is 4.74 Å². The fraction of sp³-hybridized carbons (Fsp3) is 0.529. The van der Waals surface area contributed by atoms with Crippen LogP contribution in [0.25, 0.3) is 0 Å². The molecule has 1 saturated carbocycles. The van der Waals surface area contributed by atoms with E-state index in [1.807, 2.05) is 6.92 Å². The molecule has 0 spiro atoms. The molecule has 0 amide bonds. The van der Waals surface area contributed by atoms with Gasteiger partial charge in [0.1, 0.15) is 0 Å². The van der Waals surface area contributed by atoms with Gasteiger partial charge in [-0.05, 0) is 55.6 Å². The molecule has 0 aliphatic heterocycles. The molecule has 19 heavy (non-hydrogen) atoms. The molecule has 0 bridgehead atoms. The maximum atomic E-state index is 5.65. The third-order valence-corrected chi connectivity index (χ3v) is 4.19. The van der Waals surface area contributed by atoms with E-state index in [9.17, 15) is 0 Å². The normalized spacial score (nSPS) is 23.9. The molecule has 1 aromatic rings. The van der Waals surface area contributed by atoms with Crippen molar-refractivity contribution >= 4 is 11.6 Å². The molecule has 0 heterocycles. The van der Waals surface area contributed by atoms with Crippen LogP contribution in [-0.2, 0) is 11.3 Å². The van der Waals surface area contributed by atoms with E-state index in [0.29, 0.717) is 5.92 Å². The van der Waals surface area contributed by atoms with Crippen LogP contribution in [-0.4, -0.2) is 6.61 Å². The van der Waals surface area contributed by atoms with Gasteiger partial charge in [0.25, 0.3) is 0 Å². The van der Waals surface area contributed by atoms with E-state index in [1.54, 1.807) is 5.54 Å². The standard InChI is InChI=1S/C17H23ClO/c1-2-19-13-15-5-9-17(10-6-15)16-7-3-14(4-8-16)11-12-18/h5-6,9-12,14,16H,2-4,7-8,13H2,1H3. The van der Waals surface area contributed by atoms with Gasteiger partial charge in [-0.15, -0.1) is 0 Å². The van der Waals surface area contributed by atoms with Crippen molar-refractivity contribution in [3.8, 4) is 0 Å². The predicted molar refractivity (Wildman–Crippen MR) is 81.5 cm³/mol. The number of rotatable bonds is 5. The molecule has 0 saturated heterocycles. The zero-order valence-corrected chi connectivity index (χ0v) is 12.4. The van der Waals surface area contributed by atoms with Crippen molar-refractivity contribution in [1.82, 2.24) is 0 Å². The van der Waals surface area contributed by atoms with Gasteiger partial charge in [0, 0.05) is 12.1 Å². The summed E-state index contributed by atoms with van der Waals surface area (Å²) < 4.78 is 5.43. The number of halogens is 1. The summed E-state index contributed by atoms with van der Waals surface area (Å²) in [6.45, 7) is 3.53. The molecule has 0 radical (unpaired) electrons. The average Bonchev–Trinajstić information content (AvgIpc) is 2.47. The highest BCUT2D eigenvalue weighted by Crippen LogP contribution is 2.36. The third kappa shape index (κ3) is 4.36. The van der Waals surface area contributed by atoms with Crippen molar-refractivity contribution in [2.24, 2.45) is 5.92 Å². The third-order valence-electron chi connectivity index (χ3n) is 4.04. The Labute approximate surface area is 121 Å². The lowest BCUT2D eigenvalue weighted by Crippen LogP contribution is -2.11. The minimum atomic E-state index is 0.686. The first-order chi connectivity index (χ1) is 9.33. The molecule has 1 aliphatic rings. The lowest BCUT2D eigenvalue weighted by molar-refractivity contribution is 0.134. The van der Waals surface area contributed by atoms with E-state index in [1.165, 1.54) is 36.8 Å². The Morgan fingerprint density at radius 1 is 1.16 bits per heavy atom. The molecule has 1 nitrogen and oxygen atoms in total. The zero-order valence-electron chi connectivity index (χ0n) is 11.6. The van der Waals surface area contributed by atoms with Crippen LogP contribution in [0.4, 0.5) is 0 Å². The van der Waals surface area contributed by atoms with Crippen LogP contribution >= 0.6 is 11.6 Å². The van der Waals surface area contributed by atoms with Crippen LogP contribution in [0.1, 0.15) is 49.7 Å². The molecule has 2 rings (SSSR count). The lowest BCUT2D eigenvalue weighted by Gasteiger charge is -2.27. The van der Waals surface area contributed by atoms with Gasteiger partial charge in [0.15, 0.2) is 0 Å². The van der Waals surface area contributed by atoms with Crippen LogP contribution in [0.15, 0.2) is 35.9 Å². The van der Waals surface area contributed by atoms with Crippen molar-refractivity contribution < 1.29 is 4.74 Å². The molecule has 0 unspecified atom stereocenters. The van der Waals surface area contributed by atoms with E-state index in [2.05, 4.69) is 30.3 Å². The monoisotopic (exact) mass is 278 g/mol. The van der Waals surface area contributed by atoms with Crippen LogP contribution < -0.4 is 0 Å².